The SMILES string of the molecule is Fc1ccc(-c2nc3ccc(NC4CCNC4)nc3n2-c2ccncc2)cc1. The third kappa shape index (κ3) is 3.10. The fraction of sp³-hybridized carbons (Fsp3) is 0.190. The van der Waals surface area contributed by atoms with Crippen molar-refractivity contribution in [1.29, 1.82) is 0 Å². The van der Waals surface area contributed by atoms with E-state index in [1.54, 1.807) is 24.5 Å². The zero-order chi connectivity index (χ0) is 18.9. The maximum Gasteiger partial charge on any atom is 0.167 e. The van der Waals surface area contributed by atoms with Gasteiger partial charge in [0, 0.05) is 30.5 Å². The molecule has 1 aromatic carbocycles. The molecule has 1 saturated heterocycles. The van der Waals surface area contributed by atoms with Gasteiger partial charge in [0.25, 0.3) is 0 Å². The number of anilines is 1. The molecule has 1 aliphatic rings. The molecule has 0 bridgehead atoms. The molecule has 28 heavy (non-hydrogen) atoms. The van der Waals surface area contributed by atoms with Crippen LogP contribution in [0.25, 0.3) is 28.2 Å². The summed E-state index contributed by atoms with van der Waals surface area (Å²) in [5.41, 5.74) is 3.27. The van der Waals surface area contributed by atoms with Gasteiger partial charge >= 0.3 is 0 Å². The van der Waals surface area contributed by atoms with Crippen LogP contribution in [0.15, 0.2) is 60.9 Å². The van der Waals surface area contributed by atoms with Crippen LogP contribution in [0.4, 0.5) is 10.2 Å². The quantitative estimate of drug-likeness (QED) is 0.573. The molecule has 1 fully saturated rings. The molecule has 3 aromatic heterocycles. The Balaban J connectivity index is 1.67. The fourth-order valence-electron chi connectivity index (χ4n) is 3.55. The number of nitrogens with zero attached hydrogens (tertiary/aromatic N) is 4. The van der Waals surface area contributed by atoms with Crippen molar-refractivity contribution in [3.63, 3.8) is 0 Å². The lowest BCUT2D eigenvalue weighted by atomic mass is 10.2. The predicted octanol–water partition coefficient (Wildman–Crippen LogP) is 3.40. The topological polar surface area (TPSA) is 67.7 Å². The Bertz CT molecular complexity index is 1100. The molecule has 1 atom stereocenters. The first-order valence-electron chi connectivity index (χ1n) is 9.31. The molecule has 0 amide bonds. The zero-order valence-corrected chi connectivity index (χ0v) is 15.1. The number of aromatic nitrogens is 4. The molecule has 1 unspecified atom stereocenters. The second kappa shape index (κ2) is 7.01. The molecule has 140 valence electrons. The average Bonchev–Trinajstić information content (AvgIpc) is 3.37. The van der Waals surface area contributed by atoms with E-state index in [1.165, 1.54) is 12.1 Å². The number of imidazole rings is 1. The van der Waals surface area contributed by atoms with E-state index in [0.717, 1.165) is 47.7 Å². The molecular formula is C21H19FN6. The van der Waals surface area contributed by atoms with Gasteiger partial charge in [0.15, 0.2) is 5.65 Å². The number of fused-ring (bicyclic) bond motifs is 1. The molecule has 0 aliphatic carbocycles. The normalized spacial score (nSPS) is 16.5. The first-order chi connectivity index (χ1) is 13.8. The van der Waals surface area contributed by atoms with Crippen LogP contribution in [-0.4, -0.2) is 38.7 Å². The van der Waals surface area contributed by atoms with Crippen molar-refractivity contribution in [2.24, 2.45) is 0 Å². The van der Waals surface area contributed by atoms with Crippen molar-refractivity contribution in [2.45, 2.75) is 12.5 Å². The van der Waals surface area contributed by atoms with E-state index in [9.17, 15) is 4.39 Å². The van der Waals surface area contributed by atoms with E-state index in [4.69, 9.17) is 9.97 Å². The number of pyridine rings is 2. The highest BCUT2D eigenvalue weighted by Crippen LogP contribution is 2.28. The molecule has 5 rings (SSSR count). The maximum atomic E-state index is 13.4. The van der Waals surface area contributed by atoms with Gasteiger partial charge in [-0.1, -0.05) is 0 Å². The van der Waals surface area contributed by atoms with Crippen LogP contribution in [0.3, 0.4) is 0 Å². The number of nitrogens with one attached hydrogen (secondary N) is 2. The Morgan fingerprint density at radius 2 is 1.82 bits per heavy atom. The van der Waals surface area contributed by atoms with Crippen LogP contribution < -0.4 is 10.6 Å². The minimum absolute atomic E-state index is 0.273. The summed E-state index contributed by atoms with van der Waals surface area (Å²) in [7, 11) is 0. The van der Waals surface area contributed by atoms with Gasteiger partial charge in [0.1, 0.15) is 23.0 Å². The van der Waals surface area contributed by atoms with Gasteiger partial charge in [-0.05, 0) is 61.5 Å². The summed E-state index contributed by atoms with van der Waals surface area (Å²) >= 11 is 0. The predicted molar refractivity (Wildman–Crippen MR) is 107 cm³/mol. The van der Waals surface area contributed by atoms with Crippen molar-refractivity contribution in [3.05, 3.63) is 66.7 Å². The Labute approximate surface area is 161 Å². The van der Waals surface area contributed by atoms with Crippen molar-refractivity contribution < 1.29 is 4.39 Å². The molecule has 4 aromatic rings. The summed E-state index contributed by atoms with van der Waals surface area (Å²) < 4.78 is 15.4. The summed E-state index contributed by atoms with van der Waals surface area (Å²) in [6.45, 7) is 1.95. The molecule has 0 radical (unpaired) electrons. The summed E-state index contributed by atoms with van der Waals surface area (Å²) in [5, 5.41) is 6.84. The van der Waals surface area contributed by atoms with Crippen molar-refractivity contribution >= 4 is 17.0 Å². The Hall–Kier alpha value is -3.32. The maximum absolute atomic E-state index is 13.4. The summed E-state index contributed by atoms with van der Waals surface area (Å²) in [6.07, 6.45) is 4.55. The van der Waals surface area contributed by atoms with Crippen LogP contribution >= 0.6 is 0 Å². The van der Waals surface area contributed by atoms with E-state index in [2.05, 4.69) is 15.6 Å². The van der Waals surface area contributed by atoms with Gasteiger partial charge in [-0.15, -0.1) is 0 Å². The van der Waals surface area contributed by atoms with E-state index in [-0.39, 0.29) is 5.82 Å². The lowest BCUT2D eigenvalue weighted by Crippen LogP contribution is -2.22. The first-order valence-corrected chi connectivity index (χ1v) is 9.31. The highest BCUT2D eigenvalue weighted by atomic mass is 19.1. The van der Waals surface area contributed by atoms with Crippen LogP contribution in [0.5, 0.6) is 0 Å². The van der Waals surface area contributed by atoms with Gasteiger partial charge in [0.2, 0.25) is 0 Å². The van der Waals surface area contributed by atoms with Gasteiger partial charge in [-0.3, -0.25) is 9.55 Å². The molecular weight excluding hydrogens is 355 g/mol. The van der Waals surface area contributed by atoms with Crippen molar-refractivity contribution in [2.75, 3.05) is 18.4 Å². The average molecular weight is 374 g/mol. The van der Waals surface area contributed by atoms with Crippen LogP contribution in [0, 0.1) is 5.82 Å². The third-order valence-electron chi connectivity index (χ3n) is 4.94. The van der Waals surface area contributed by atoms with Crippen molar-refractivity contribution in [1.82, 2.24) is 24.8 Å². The smallest absolute Gasteiger partial charge is 0.167 e. The largest absolute Gasteiger partial charge is 0.366 e. The molecule has 1 aliphatic heterocycles. The second-order valence-corrected chi connectivity index (χ2v) is 6.86. The van der Waals surface area contributed by atoms with E-state index >= 15 is 0 Å². The molecule has 4 heterocycles. The third-order valence-corrected chi connectivity index (χ3v) is 4.94. The zero-order valence-electron chi connectivity index (χ0n) is 15.1. The minimum atomic E-state index is -0.273. The van der Waals surface area contributed by atoms with Gasteiger partial charge in [-0.25, -0.2) is 14.4 Å². The highest BCUT2D eigenvalue weighted by molar-refractivity contribution is 5.81. The molecule has 2 N–H and O–H groups in total. The Morgan fingerprint density at radius 1 is 1.00 bits per heavy atom. The Kier molecular flexibility index (Phi) is 4.21. The van der Waals surface area contributed by atoms with E-state index in [0.29, 0.717) is 11.9 Å². The summed E-state index contributed by atoms with van der Waals surface area (Å²) in [5.74, 6) is 1.26. The molecule has 7 heteroatoms. The standard InChI is InChI=1S/C21H19FN6/c22-15-3-1-14(2-4-15)20-26-18-5-6-19(25-16-7-10-24-13-16)27-21(18)28(20)17-8-11-23-12-9-17/h1-6,8-9,11-12,16,24H,7,10,13H2,(H,25,27). The number of benzene rings is 1. The van der Waals surface area contributed by atoms with Crippen LogP contribution in [0.2, 0.25) is 0 Å². The minimum Gasteiger partial charge on any atom is -0.366 e. The number of hydrogen-bond acceptors (Lipinski definition) is 5. The van der Waals surface area contributed by atoms with Crippen LogP contribution in [0.1, 0.15) is 6.42 Å². The van der Waals surface area contributed by atoms with Crippen LogP contribution in [-0.2, 0) is 0 Å². The summed E-state index contributed by atoms with van der Waals surface area (Å²) in [6, 6.07) is 14.5. The number of halogens is 1. The van der Waals surface area contributed by atoms with E-state index < -0.39 is 0 Å². The fourth-order valence-corrected chi connectivity index (χ4v) is 3.55. The lowest BCUT2D eigenvalue weighted by Gasteiger charge is -2.13. The number of hydrogen-bond donors (Lipinski definition) is 2. The first kappa shape index (κ1) is 16.8. The lowest BCUT2D eigenvalue weighted by molar-refractivity contribution is 0.628. The molecule has 0 spiro atoms. The molecule has 0 saturated carbocycles. The number of rotatable bonds is 4. The monoisotopic (exact) mass is 374 g/mol. The summed E-state index contributed by atoms with van der Waals surface area (Å²) in [4.78, 5) is 13.7. The highest BCUT2D eigenvalue weighted by Gasteiger charge is 2.18. The second-order valence-electron chi connectivity index (χ2n) is 6.86. The van der Waals surface area contributed by atoms with Crippen molar-refractivity contribution in [3.8, 4) is 17.1 Å². The van der Waals surface area contributed by atoms with E-state index in [1.807, 2.05) is 28.8 Å². The Morgan fingerprint density at radius 3 is 2.57 bits per heavy atom. The van der Waals surface area contributed by atoms with Gasteiger partial charge in [0.05, 0.1) is 5.69 Å². The van der Waals surface area contributed by atoms with Gasteiger partial charge in [-0.2, -0.15) is 0 Å². The van der Waals surface area contributed by atoms with Gasteiger partial charge < -0.3 is 10.6 Å². The molecule has 6 nitrogen and oxygen atoms in total.